The Morgan fingerprint density at radius 3 is 2.11 bits per heavy atom. The molecule has 1 unspecified atom stereocenters. The molecule has 15 nitrogen and oxygen atoms in total. The highest BCUT2D eigenvalue weighted by atomic mass is 28.4. The summed E-state index contributed by atoms with van der Waals surface area (Å²) < 4.78 is 40.1. The van der Waals surface area contributed by atoms with Crippen molar-refractivity contribution in [2.24, 2.45) is 0 Å². The molecule has 7 atom stereocenters. The summed E-state index contributed by atoms with van der Waals surface area (Å²) >= 11 is 0. The van der Waals surface area contributed by atoms with Crippen molar-refractivity contribution in [1.82, 2.24) is 19.5 Å². The molecule has 0 bridgehead atoms. The largest absolute Gasteiger partial charge is 0.456 e. The molecule has 7 rings (SSSR count). The standard InChI is InChI=1S/C46H61N5O10Si2/c1-25(52)57-39-31-21-20-29-19-18-28-16-14-15-17-30(28)35(29)36(31)37(40(58-26(2)53)41(39)59-27(3)54)48-44-49-42-38(43(55)50-44)47-24-51(42)34-22-32(61-63(12,13)46(7,8)9)33(60-34)23-56-62(10,11)45(4,5)6/h14-21,24,32-34,37,39-41H,22-23H2,1-13H3,(H2,48,49,50,55)/t32-,33+,34+,37+,39+,40?,41-/m0/s1. The van der Waals surface area contributed by atoms with Crippen molar-refractivity contribution in [1.29, 1.82) is 0 Å². The number of hydrogen-bond donors (Lipinski definition) is 2. The van der Waals surface area contributed by atoms with Gasteiger partial charge in [-0.2, -0.15) is 4.98 Å². The number of ether oxygens (including phenoxy) is 4. The van der Waals surface area contributed by atoms with E-state index in [0.717, 1.165) is 21.5 Å². The van der Waals surface area contributed by atoms with Crippen LogP contribution >= 0.6 is 0 Å². The van der Waals surface area contributed by atoms with E-state index >= 15 is 0 Å². The number of imidazole rings is 1. The van der Waals surface area contributed by atoms with Gasteiger partial charge in [-0.3, -0.25) is 28.7 Å². The first-order valence-corrected chi connectivity index (χ1v) is 27.3. The molecule has 1 fully saturated rings. The molecule has 63 heavy (non-hydrogen) atoms. The topological polar surface area (TPSA) is 182 Å². The molecule has 0 radical (unpaired) electrons. The first-order chi connectivity index (χ1) is 29.4. The Morgan fingerprint density at radius 2 is 1.46 bits per heavy atom. The van der Waals surface area contributed by atoms with Crippen LogP contribution in [-0.2, 0) is 42.2 Å². The first-order valence-electron chi connectivity index (χ1n) is 21.5. The fourth-order valence-corrected chi connectivity index (χ4v) is 10.5. The Hall–Kier alpha value is -4.95. The smallest absolute Gasteiger partial charge is 0.303 e. The minimum absolute atomic E-state index is 0.0119. The number of H-pyrrole nitrogens is 1. The van der Waals surface area contributed by atoms with Gasteiger partial charge >= 0.3 is 17.9 Å². The number of fused-ring (bicyclic) bond motifs is 6. The van der Waals surface area contributed by atoms with Gasteiger partial charge in [-0.05, 0) is 63.4 Å². The highest BCUT2D eigenvalue weighted by molar-refractivity contribution is 6.74. The third kappa shape index (κ3) is 9.07. The quantitative estimate of drug-likeness (QED) is 0.0556. The van der Waals surface area contributed by atoms with Crippen LogP contribution < -0.4 is 10.9 Å². The predicted molar refractivity (Wildman–Crippen MR) is 245 cm³/mol. The van der Waals surface area contributed by atoms with E-state index in [9.17, 15) is 19.2 Å². The molecule has 1 saturated heterocycles. The van der Waals surface area contributed by atoms with Gasteiger partial charge in [-0.1, -0.05) is 90.1 Å². The predicted octanol–water partition coefficient (Wildman–Crippen LogP) is 8.76. The molecule has 2 aliphatic rings. The number of rotatable bonds is 11. The van der Waals surface area contributed by atoms with Crippen LogP contribution in [0.5, 0.6) is 0 Å². The third-order valence-corrected chi connectivity index (χ3v) is 22.3. The SMILES string of the molecule is CC(=O)OC1[C@H](Nc2nc3c(ncn3[C@H]3C[C@H](O[Si](C)(C)C(C)(C)C)[C@@H](CO[Si](C)(C)C(C)(C)C)O3)c(=O)[nH]2)c2c(ccc3ccc4ccccc4c23)[C@@H](OC(C)=O)[C@@H]1OC(C)=O. The Bertz CT molecular complexity index is 2630. The number of aromatic amines is 1. The third-order valence-electron chi connectivity index (χ3n) is 13.3. The summed E-state index contributed by atoms with van der Waals surface area (Å²) in [6, 6.07) is 14.5. The number of carbonyl (C=O) groups excluding carboxylic acids is 3. The van der Waals surface area contributed by atoms with Crippen LogP contribution in [0, 0.1) is 0 Å². The molecule has 1 aliphatic carbocycles. The molecule has 338 valence electrons. The number of esters is 3. The molecule has 0 saturated carbocycles. The summed E-state index contributed by atoms with van der Waals surface area (Å²) in [6.45, 7) is 26.2. The summed E-state index contributed by atoms with van der Waals surface area (Å²) in [5.74, 6) is -1.95. The molecule has 17 heteroatoms. The first kappa shape index (κ1) is 46.1. The van der Waals surface area contributed by atoms with Gasteiger partial charge < -0.3 is 33.1 Å². The van der Waals surface area contributed by atoms with Gasteiger partial charge in [0.2, 0.25) is 5.95 Å². The highest BCUT2D eigenvalue weighted by Gasteiger charge is 2.51. The van der Waals surface area contributed by atoms with Gasteiger partial charge in [0.05, 0.1) is 25.1 Å². The summed E-state index contributed by atoms with van der Waals surface area (Å²) in [5.41, 5.74) is 0.949. The summed E-state index contributed by atoms with van der Waals surface area (Å²) in [6.07, 6.45) is -2.99. The van der Waals surface area contributed by atoms with Crippen molar-refractivity contribution in [3.05, 3.63) is 76.3 Å². The Morgan fingerprint density at radius 1 is 0.841 bits per heavy atom. The minimum Gasteiger partial charge on any atom is -0.456 e. The van der Waals surface area contributed by atoms with Gasteiger partial charge in [0, 0.05) is 32.8 Å². The minimum atomic E-state index is -2.27. The van der Waals surface area contributed by atoms with Crippen molar-refractivity contribution in [2.45, 2.75) is 148 Å². The molecule has 0 spiro atoms. The van der Waals surface area contributed by atoms with E-state index in [2.05, 4.69) is 83.0 Å². The monoisotopic (exact) mass is 899 g/mol. The van der Waals surface area contributed by atoms with Gasteiger partial charge in [0.25, 0.3) is 5.56 Å². The van der Waals surface area contributed by atoms with E-state index < -0.39 is 76.8 Å². The molecular weight excluding hydrogens is 839 g/mol. The van der Waals surface area contributed by atoms with E-state index in [1.165, 1.54) is 20.8 Å². The highest BCUT2D eigenvalue weighted by Crippen LogP contribution is 2.48. The molecule has 2 aromatic heterocycles. The van der Waals surface area contributed by atoms with Gasteiger partial charge in [-0.15, -0.1) is 0 Å². The molecule has 3 heterocycles. The zero-order chi connectivity index (χ0) is 46.0. The van der Waals surface area contributed by atoms with Crippen LogP contribution in [0.15, 0.2) is 59.7 Å². The van der Waals surface area contributed by atoms with Crippen LogP contribution in [0.1, 0.15) is 98.2 Å². The van der Waals surface area contributed by atoms with Crippen molar-refractivity contribution in [3.63, 3.8) is 0 Å². The van der Waals surface area contributed by atoms with Crippen LogP contribution in [0.4, 0.5) is 5.95 Å². The van der Waals surface area contributed by atoms with Gasteiger partial charge in [-0.25, -0.2) is 4.98 Å². The summed E-state index contributed by atoms with van der Waals surface area (Å²) in [7, 11) is -4.43. The maximum absolute atomic E-state index is 14.0. The van der Waals surface area contributed by atoms with E-state index in [-0.39, 0.29) is 33.3 Å². The van der Waals surface area contributed by atoms with Gasteiger partial charge in [0.1, 0.15) is 12.3 Å². The number of carbonyl (C=O) groups is 3. The second-order valence-electron chi connectivity index (χ2n) is 19.8. The number of aromatic nitrogens is 4. The van der Waals surface area contributed by atoms with E-state index in [0.29, 0.717) is 24.2 Å². The van der Waals surface area contributed by atoms with Crippen LogP contribution in [0.25, 0.3) is 32.7 Å². The van der Waals surface area contributed by atoms with Crippen molar-refractivity contribution in [2.75, 3.05) is 11.9 Å². The maximum Gasteiger partial charge on any atom is 0.303 e. The molecule has 1 aliphatic heterocycles. The van der Waals surface area contributed by atoms with Crippen molar-refractivity contribution in [3.8, 4) is 0 Å². The molecule has 5 aromatic rings. The Labute approximate surface area is 369 Å². The lowest BCUT2D eigenvalue weighted by Gasteiger charge is -2.42. The van der Waals surface area contributed by atoms with Crippen LogP contribution in [0.2, 0.25) is 36.3 Å². The number of nitrogens with one attached hydrogen (secondary N) is 2. The lowest BCUT2D eigenvalue weighted by molar-refractivity contribution is -0.187. The number of benzene rings is 3. The molecule has 3 aromatic carbocycles. The fraction of sp³-hybridized carbons (Fsp3) is 0.522. The normalized spacial score (nSPS) is 23.2. The average molecular weight is 900 g/mol. The molecule has 2 N–H and O–H groups in total. The van der Waals surface area contributed by atoms with Crippen molar-refractivity contribution < 1.29 is 42.2 Å². The Balaban J connectivity index is 1.35. The Kier molecular flexibility index (Phi) is 12.3. The molecule has 0 amide bonds. The van der Waals surface area contributed by atoms with Crippen molar-refractivity contribution >= 4 is 73.2 Å². The van der Waals surface area contributed by atoms with E-state index in [1.54, 1.807) is 10.9 Å². The number of nitrogens with zero attached hydrogens (tertiary/aromatic N) is 3. The number of hydrogen-bond acceptors (Lipinski definition) is 13. The summed E-state index contributed by atoms with van der Waals surface area (Å²) in [5, 5.41) is 6.77. The second kappa shape index (κ2) is 16.9. The van der Waals surface area contributed by atoms with Crippen LogP contribution in [-0.4, -0.2) is 85.1 Å². The second-order valence-corrected chi connectivity index (χ2v) is 29.4. The zero-order valence-electron chi connectivity index (χ0n) is 38.6. The van der Waals surface area contributed by atoms with E-state index in [1.807, 2.05) is 48.5 Å². The summed E-state index contributed by atoms with van der Waals surface area (Å²) in [4.78, 5) is 64.7. The zero-order valence-corrected chi connectivity index (χ0v) is 40.6. The lowest BCUT2D eigenvalue weighted by atomic mass is 9.77. The van der Waals surface area contributed by atoms with Crippen LogP contribution in [0.3, 0.4) is 0 Å². The fourth-order valence-electron chi connectivity index (χ4n) is 8.10. The molecular formula is C46H61N5O10Si2. The number of anilines is 1. The average Bonchev–Trinajstić information content (AvgIpc) is 3.78. The van der Waals surface area contributed by atoms with Gasteiger partial charge in [0.15, 0.2) is 46.1 Å². The lowest BCUT2D eigenvalue weighted by Crippen LogP contribution is -2.50. The maximum atomic E-state index is 14.0. The van der Waals surface area contributed by atoms with E-state index in [4.69, 9.17) is 32.8 Å².